The van der Waals surface area contributed by atoms with Crippen LogP contribution in [0, 0.1) is 5.41 Å². The molecule has 18 heavy (non-hydrogen) atoms. The lowest BCUT2D eigenvalue weighted by atomic mass is 9.67. The Labute approximate surface area is 115 Å². The van der Waals surface area contributed by atoms with Crippen molar-refractivity contribution in [2.75, 3.05) is 0 Å². The number of hydrogen-bond acceptors (Lipinski definition) is 3. The summed E-state index contributed by atoms with van der Waals surface area (Å²) in [4.78, 5) is 5.55. The quantitative estimate of drug-likeness (QED) is 0.866. The minimum atomic E-state index is -0.378. The molecule has 0 saturated heterocycles. The number of oxime groups is 1. The summed E-state index contributed by atoms with van der Waals surface area (Å²) < 4.78 is 1.01. The average molecular weight is 310 g/mol. The number of fused-ring (bicyclic) bond motifs is 1. The van der Waals surface area contributed by atoms with Crippen molar-refractivity contribution in [3.05, 3.63) is 34.3 Å². The first-order chi connectivity index (χ1) is 8.62. The van der Waals surface area contributed by atoms with E-state index in [2.05, 4.69) is 28.0 Å². The number of aliphatic hydroxyl groups is 1. The molecule has 96 valence electrons. The van der Waals surface area contributed by atoms with Gasteiger partial charge >= 0.3 is 0 Å². The molecule has 2 aliphatic rings. The first kappa shape index (κ1) is 12.2. The molecule has 0 aromatic heterocycles. The molecule has 1 aliphatic heterocycles. The highest BCUT2D eigenvalue weighted by molar-refractivity contribution is 9.10. The number of benzene rings is 1. The lowest BCUT2D eigenvalue weighted by molar-refractivity contribution is -0.0605. The van der Waals surface area contributed by atoms with Gasteiger partial charge in [0, 0.05) is 10.0 Å². The Bertz CT molecular complexity index is 502. The summed E-state index contributed by atoms with van der Waals surface area (Å²) in [6, 6.07) is 8.00. The summed E-state index contributed by atoms with van der Waals surface area (Å²) in [7, 11) is 0. The van der Waals surface area contributed by atoms with Crippen molar-refractivity contribution in [1.82, 2.24) is 0 Å². The zero-order valence-electron chi connectivity index (χ0n) is 10.3. The molecule has 1 aromatic carbocycles. The molecule has 0 unspecified atom stereocenters. The number of aliphatic hydroxyl groups excluding tert-OH is 1. The van der Waals surface area contributed by atoms with Crippen LogP contribution in [0.2, 0.25) is 0 Å². The van der Waals surface area contributed by atoms with E-state index in [1.54, 1.807) is 0 Å². The minimum Gasteiger partial charge on any atom is -0.392 e. The van der Waals surface area contributed by atoms with Crippen molar-refractivity contribution in [3.63, 3.8) is 0 Å². The van der Waals surface area contributed by atoms with E-state index in [1.165, 1.54) is 0 Å². The molecule has 3 atom stereocenters. The predicted octanol–water partition coefficient (Wildman–Crippen LogP) is 3.10. The van der Waals surface area contributed by atoms with Gasteiger partial charge in [-0.25, -0.2) is 0 Å². The number of nitrogens with zero attached hydrogens (tertiary/aromatic N) is 1. The van der Waals surface area contributed by atoms with Crippen molar-refractivity contribution < 1.29 is 9.94 Å². The fourth-order valence-corrected chi connectivity index (χ4v) is 3.40. The van der Waals surface area contributed by atoms with Crippen molar-refractivity contribution in [1.29, 1.82) is 0 Å². The van der Waals surface area contributed by atoms with Gasteiger partial charge in [-0.3, -0.25) is 0 Å². The highest BCUT2D eigenvalue weighted by Gasteiger charge is 2.53. The van der Waals surface area contributed by atoms with Crippen LogP contribution in [0.25, 0.3) is 0 Å². The Kier molecular flexibility index (Phi) is 2.94. The summed E-state index contributed by atoms with van der Waals surface area (Å²) >= 11 is 3.47. The highest BCUT2D eigenvalue weighted by atomic mass is 79.9. The monoisotopic (exact) mass is 309 g/mol. The molecule has 1 N–H and O–H groups in total. The molecule has 0 spiro atoms. The summed E-state index contributed by atoms with van der Waals surface area (Å²) in [6.07, 6.45) is 2.42. The maximum Gasteiger partial charge on any atom is 0.141 e. The van der Waals surface area contributed by atoms with Gasteiger partial charge in [-0.2, -0.15) is 0 Å². The van der Waals surface area contributed by atoms with Gasteiger partial charge in [0.15, 0.2) is 0 Å². The third kappa shape index (κ3) is 1.70. The Morgan fingerprint density at radius 3 is 3.06 bits per heavy atom. The zero-order chi connectivity index (χ0) is 12.8. The van der Waals surface area contributed by atoms with Crippen LogP contribution in [-0.4, -0.2) is 23.0 Å². The summed E-state index contributed by atoms with van der Waals surface area (Å²) in [5.74, 6) is 0. The van der Waals surface area contributed by atoms with E-state index in [1.807, 2.05) is 24.3 Å². The van der Waals surface area contributed by atoms with Crippen molar-refractivity contribution in [3.8, 4) is 0 Å². The van der Waals surface area contributed by atoms with E-state index < -0.39 is 0 Å². The van der Waals surface area contributed by atoms with Crippen LogP contribution in [0.5, 0.6) is 0 Å². The van der Waals surface area contributed by atoms with Crippen molar-refractivity contribution in [2.45, 2.75) is 38.4 Å². The first-order valence-electron chi connectivity index (χ1n) is 6.30. The van der Waals surface area contributed by atoms with Crippen molar-refractivity contribution >= 4 is 21.6 Å². The number of rotatable bonds is 1. The lowest BCUT2D eigenvalue weighted by Gasteiger charge is -2.38. The van der Waals surface area contributed by atoms with Gasteiger partial charge in [0.2, 0.25) is 0 Å². The summed E-state index contributed by atoms with van der Waals surface area (Å²) in [5.41, 5.74) is 1.52. The molecule has 1 aromatic rings. The van der Waals surface area contributed by atoms with Gasteiger partial charge in [0.1, 0.15) is 6.10 Å². The second-order valence-electron chi connectivity index (χ2n) is 5.27. The van der Waals surface area contributed by atoms with E-state index in [9.17, 15) is 5.11 Å². The molecule has 3 nitrogen and oxygen atoms in total. The Balaban J connectivity index is 2.02. The second-order valence-corrected chi connectivity index (χ2v) is 6.19. The smallest absolute Gasteiger partial charge is 0.141 e. The first-order valence-corrected chi connectivity index (χ1v) is 7.10. The van der Waals surface area contributed by atoms with Gasteiger partial charge in [-0.1, -0.05) is 33.2 Å². The van der Waals surface area contributed by atoms with Crippen LogP contribution in [0.3, 0.4) is 0 Å². The predicted molar refractivity (Wildman–Crippen MR) is 73.5 cm³/mol. The Hall–Kier alpha value is -0.870. The van der Waals surface area contributed by atoms with Gasteiger partial charge in [-0.15, -0.1) is 0 Å². The molecule has 3 rings (SSSR count). The van der Waals surface area contributed by atoms with Crippen LogP contribution >= 0.6 is 15.9 Å². The molecule has 1 aliphatic carbocycles. The van der Waals surface area contributed by atoms with E-state index in [4.69, 9.17) is 4.84 Å². The van der Waals surface area contributed by atoms with Crippen LogP contribution in [0.4, 0.5) is 0 Å². The number of hydrogen-bond donors (Lipinski definition) is 1. The van der Waals surface area contributed by atoms with Gasteiger partial charge in [-0.05, 0) is 38.3 Å². The molecule has 1 saturated carbocycles. The van der Waals surface area contributed by atoms with Gasteiger partial charge in [0.25, 0.3) is 0 Å². The maximum atomic E-state index is 10.4. The topological polar surface area (TPSA) is 41.8 Å². The molecule has 4 heteroatoms. The molecule has 0 amide bonds. The van der Waals surface area contributed by atoms with Crippen LogP contribution in [0.15, 0.2) is 33.9 Å². The van der Waals surface area contributed by atoms with Crippen LogP contribution in [0.1, 0.15) is 31.7 Å². The van der Waals surface area contributed by atoms with E-state index in [0.717, 1.165) is 35.0 Å². The highest BCUT2D eigenvalue weighted by Crippen LogP contribution is 2.45. The zero-order valence-corrected chi connectivity index (χ0v) is 11.9. The molecule has 1 fully saturated rings. The van der Waals surface area contributed by atoms with E-state index in [0.29, 0.717) is 0 Å². The summed E-state index contributed by atoms with van der Waals surface area (Å²) in [5, 5.41) is 14.6. The number of halogens is 1. The molecular weight excluding hydrogens is 294 g/mol. The minimum absolute atomic E-state index is 0.00947. The van der Waals surface area contributed by atoms with E-state index in [-0.39, 0.29) is 17.6 Å². The maximum absolute atomic E-state index is 10.4. The standard InChI is InChI=1S/C14H16BrNO2/c1-14-11(17)6-3-7-12(14)18-16-13(14)9-4-2-5-10(15)8-9/h2,4-5,8,11-12,17H,3,6-7H2,1H3/t11-,12+,14-/m1/s1. The largest absolute Gasteiger partial charge is 0.392 e. The van der Waals surface area contributed by atoms with Crippen LogP contribution < -0.4 is 0 Å². The lowest BCUT2D eigenvalue weighted by Crippen LogP contribution is -2.49. The summed E-state index contributed by atoms with van der Waals surface area (Å²) in [6.45, 7) is 2.06. The SMILES string of the molecule is C[C@]12C(c3cccc(Br)c3)=NO[C@H]1CCC[C@H]2O. The molecule has 0 bridgehead atoms. The normalized spacial score (nSPS) is 34.7. The molecular formula is C14H16BrNO2. The fourth-order valence-electron chi connectivity index (χ4n) is 3.00. The third-order valence-electron chi connectivity index (χ3n) is 4.18. The van der Waals surface area contributed by atoms with Gasteiger partial charge in [0.05, 0.1) is 17.2 Å². The molecule has 0 radical (unpaired) electrons. The van der Waals surface area contributed by atoms with Gasteiger partial charge < -0.3 is 9.94 Å². The Morgan fingerprint density at radius 1 is 1.44 bits per heavy atom. The van der Waals surface area contributed by atoms with Crippen molar-refractivity contribution in [2.24, 2.45) is 10.6 Å². The Morgan fingerprint density at radius 2 is 2.28 bits per heavy atom. The molecule has 1 heterocycles. The van der Waals surface area contributed by atoms with Crippen LogP contribution in [-0.2, 0) is 4.84 Å². The third-order valence-corrected chi connectivity index (χ3v) is 4.68. The fraction of sp³-hybridized carbons (Fsp3) is 0.500. The second kappa shape index (κ2) is 4.35. The van der Waals surface area contributed by atoms with E-state index >= 15 is 0 Å². The average Bonchev–Trinajstić information content (AvgIpc) is 2.69.